The smallest absolute Gasteiger partial charge is 0.256 e. The number of halogens is 2. The normalized spacial score (nSPS) is 17.5. The summed E-state index contributed by atoms with van der Waals surface area (Å²) in [7, 11) is 1.42. The maximum atomic E-state index is 13.9. The summed E-state index contributed by atoms with van der Waals surface area (Å²) in [5.41, 5.74) is 2.03. The minimum atomic E-state index is -0.561. The summed E-state index contributed by atoms with van der Waals surface area (Å²) in [5, 5.41) is 9.10. The second-order valence-corrected chi connectivity index (χ2v) is 8.53. The van der Waals surface area contributed by atoms with Crippen LogP contribution in [0.3, 0.4) is 0 Å². The van der Waals surface area contributed by atoms with Crippen molar-refractivity contribution >= 4 is 40.4 Å². The van der Waals surface area contributed by atoms with Crippen LogP contribution in [-0.2, 0) is 16.1 Å². The van der Waals surface area contributed by atoms with E-state index >= 15 is 0 Å². The molecule has 3 N–H and O–H groups in total. The number of nitrogens with zero attached hydrogens (tertiary/aromatic N) is 1. The van der Waals surface area contributed by atoms with Crippen LogP contribution in [0.2, 0.25) is 5.02 Å². The Bertz CT molecular complexity index is 1130. The molecule has 3 heterocycles. The molecule has 11 heteroatoms. The third-order valence-electron chi connectivity index (χ3n) is 5.46. The first kappa shape index (κ1) is 24.2. The van der Waals surface area contributed by atoms with Crippen LogP contribution in [0.25, 0.3) is 0 Å². The molecular formula is C23H24ClFN4O4S. The number of amides is 1. The van der Waals surface area contributed by atoms with E-state index in [4.69, 9.17) is 38.0 Å². The van der Waals surface area contributed by atoms with Crippen LogP contribution in [0, 0.1) is 5.82 Å². The van der Waals surface area contributed by atoms with Crippen LogP contribution in [0.1, 0.15) is 18.4 Å². The van der Waals surface area contributed by atoms with Crippen molar-refractivity contribution in [3.8, 4) is 11.5 Å². The van der Waals surface area contributed by atoms with Gasteiger partial charge in [-0.3, -0.25) is 9.78 Å². The highest BCUT2D eigenvalue weighted by atomic mass is 35.5. The Morgan fingerprint density at radius 1 is 1.44 bits per heavy atom. The first-order valence-electron chi connectivity index (χ1n) is 10.7. The van der Waals surface area contributed by atoms with Gasteiger partial charge < -0.3 is 30.2 Å². The van der Waals surface area contributed by atoms with Crippen molar-refractivity contribution in [3.05, 3.63) is 58.3 Å². The summed E-state index contributed by atoms with van der Waals surface area (Å²) in [6.07, 6.45) is 4.96. The Morgan fingerprint density at radius 2 is 2.26 bits per heavy atom. The molecule has 0 aliphatic carbocycles. The molecule has 1 fully saturated rings. The third-order valence-corrected chi connectivity index (χ3v) is 6.04. The predicted molar refractivity (Wildman–Crippen MR) is 130 cm³/mol. The highest BCUT2D eigenvalue weighted by Crippen LogP contribution is 2.34. The first-order valence-corrected chi connectivity index (χ1v) is 11.5. The number of methoxy groups -OCH3 is 1. The van der Waals surface area contributed by atoms with E-state index in [0.717, 1.165) is 24.7 Å². The summed E-state index contributed by atoms with van der Waals surface area (Å²) in [5.74, 6) is -0.0198. The number of anilines is 1. The van der Waals surface area contributed by atoms with Crippen molar-refractivity contribution in [1.29, 1.82) is 0 Å². The molecule has 0 bridgehead atoms. The summed E-state index contributed by atoms with van der Waals surface area (Å²) < 4.78 is 30.5. The molecule has 0 saturated carbocycles. The zero-order chi connectivity index (χ0) is 24.1. The Balaban J connectivity index is 1.52. The van der Waals surface area contributed by atoms with Crippen molar-refractivity contribution in [3.63, 3.8) is 0 Å². The number of hydrogen-bond acceptors (Lipinski definition) is 7. The van der Waals surface area contributed by atoms with E-state index < -0.39 is 5.82 Å². The number of thiocarbonyl (C=S) groups is 1. The molecular weight excluding hydrogens is 483 g/mol. The van der Waals surface area contributed by atoms with Gasteiger partial charge in [-0.05, 0) is 12.1 Å². The van der Waals surface area contributed by atoms with E-state index in [-0.39, 0.29) is 39.0 Å². The van der Waals surface area contributed by atoms with Crippen molar-refractivity contribution < 1.29 is 23.4 Å². The molecule has 0 radical (unpaired) electrons. The fraction of sp³-hybridized carbons (Fsp3) is 0.348. The molecule has 1 saturated heterocycles. The van der Waals surface area contributed by atoms with Crippen molar-refractivity contribution in [2.45, 2.75) is 25.5 Å². The lowest BCUT2D eigenvalue weighted by molar-refractivity contribution is -0.117. The van der Waals surface area contributed by atoms with E-state index in [1.54, 1.807) is 12.4 Å². The summed E-state index contributed by atoms with van der Waals surface area (Å²) >= 11 is 11.6. The standard InChI is InChI=1S/C23H24ClFN4O4S/c1-31-21-16(24)8-14(25)9-18(21)29-23(34)20-17(3-6-27-22(20)30)28-10-13-2-5-26-11-19(13)33-12-15-4-7-32-15/h2,5,8-9,11,15,28H,3-4,6-7,10,12H2,1H3,(H,27,30)(H,29,34). The van der Waals surface area contributed by atoms with Gasteiger partial charge in [0, 0.05) is 56.1 Å². The fourth-order valence-corrected chi connectivity index (χ4v) is 4.21. The molecule has 8 nitrogen and oxygen atoms in total. The lowest BCUT2D eigenvalue weighted by Crippen LogP contribution is -2.39. The molecule has 180 valence electrons. The Labute approximate surface area is 206 Å². The molecule has 0 spiro atoms. The minimum Gasteiger partial charge on any atom is -0.493 e. The lowest BCUT2D eigenvalue weighted by atomic mass is 10.1. The third kappa shape index (κ3) is 5.57. The van der Waals surface area contributed by atoms with Crippen molar-refractivity contribution in [2.24, 2.45) is 0 Å². The molecule has 34 heavy (non-hydrogen) atoms. The Hall–Kier alpha value is -2.95. The molecule has 1 aromatic carbocycles. The number of aromatic nitrogens is 1. The minimum absolute atomic E-state index is 0.0886. The monoisotopic (exact) mass is 506 g/mol. The number of ether oxygens (including phenoxy) is 3. The SMILES string of the molecule is COc1c(Cl)cc(F)cc1NC(=S)C1=C(NCc2ccncc2OCC2CCO2)CCNC1=O. The molecule has 2 aliphatic rings. The predicted octanol–water partition coefficient (Wildman–Crippen LogP) is 3.35. The molecule has 1 atom stereocenters. The zero-order valence-electron chi connectivity index (χ0n) is 18.5. The number of rotatable bonds is 9. The van der Waals surface area contributed by atoms with Gasteiger partial charge in [-0.25, -0.2) is 4.39 Å². The van der Waals surface area contributed by atoms with Gasteiger partial charge in [0.2, 0.25) is 0 Å². The second-order valence-electron chi connectivity index (χ2n) is 7.71. The first-order chi connectivity index (χ1) is 16.5. The van der Waals surface area contributed by atoms with Gasteiger partial charge in [0.15, 0.2) is 5.75 Å². The highest BCUT2D eigenvalue weighted by Gasteiger charge is 2.25. The van der Waals surface area contributed by atoms with E-state index in [1.165, 1.54) is 13.2 Å². The van der Waals surface area contributed by atoms with E-state index in [0.29, 0.717) is 37.6 Å². The van der Waals surface area contributed by atoms with E-state index in [9.17, 15) is 9.18 Å². The quantitative estimate of drug-likeness (QED) is 0.446. The van der Waals surface area contributed by atoms with Gasteiger partial charge in [-0.1, -0.05) is 23.8 Å². The van der Waals surface area contributed by atoms with Crippen LogP contribution in [-0.4, -0.2) is 48.9 Å². The number of carbonyl (C=O) groups is 1. The summed E-state index contributed by atoms with van der Waals surface area (Å²) in [6.45, 7) is 2.07. The van der Waals surface area contributed by atoms with Crippen LogP contribution < -0.4 is 25.4 Å². The van der Waals surface area contributed by atoms with Crippen LogP contribution in [0.5, 0.6) is 11.5 Å². The average molecular weight is 507 g/mol. The van der Waals surface area contributed by atoms with Gasteiger partial charge in [0.25, 0.3) is 5.91 Å². The molecule has 4 rings (SSSR count). The number of benzene rings is 1. The van der Waals surface area contributed by atoms with Gasteiger partial charge in [0.1, 0.15) is 23.2 Å². The number of hydrogen-bond donors (Lipinski definition) is 3. The van der Waals surface area contributed by atoms with Gasteiger partial charge >= 0.3 is 0 Å². The molecule has 1 unspecified atom stereocenters. The van der Waals surface area contributed by atoms with E-state index in [1.807, 2.05) is 6.07 Å². The van der Waals surface area contributed by atoms with Gasteiger partial charge in [-0.15, -0.1) is 0 Å². The average Bonchev–Trinajstić information content (AvgIpc) is 2.77. The topological polar surface area (TPSA) is 93.7 Å². The number of nitrogens with one attached hydrogen (secondary N) is 3. The highest BCUT2D eigenvalue weighted by molar-refractivity contribution is 7.81. The fourth-order valence-electron chi connectivity index (χ4n) is 3.60. The molecule has 1 aromatic heterocycles. The van der Waals surface area contributed by atoms with Crippen LogP contribution in [0.4, 0.5) is 10.1 Å². The largest absolute Gasteiger partial charge is 0.493 e. The van der Waals surface area contributed by atoms with E-state index in [2.05, 4.69) is 20.9 Å². The molecule has 2 aliphatic heterocycles. The van der Waals surface area contributed by atoms with Crippen LogP contribution >= 0.6 is 23.8 Å². The number of carbonyl (C=O) groups excluding carboxylic acids is 1. The van der Waals surface area contributed by atoms with Crippen molar-refractivity contribution in [1.82, 2.24) is 15.6 Å². The van der Waals surface area contributed by atoms with Crippen molar-refractivity contribution in [2.75, 3.05) is 32.2 Å². The lowest BCUT2D eigenvalue weighted by Gasteiger charge is -2.27. The number of pyridine rings is 1. The van der Waals surface area contributed by atoms with Gasteiger partial charge in [0.05, 0.1) is 35.7 Å². The summed E-state index contributed by atoms with van der Waals surface area (Å²) in [4.78, 5) is 17.0. The van der Waals surface area contributed by atoms with Crippen LogP contribution in [0.15, 0.2) is 41.9 Å². The zero-order valence-corrected chi connectivity index (χ0v) is 20.0. The Kier molecular flexibility index (Phi) is 7.81. The molecule has 2 aromatic rings. The Morgan fingerprint density at radius 3 is 3.00 bits per heavy atom. The maximum absolute atomic E-state index is 13.9. The summed E-state index contributed by atoms with van der Waals surface area (Å²) in [6, 6.07) is 4.20. The van der Waals surface area contributed by atoms with Gasteiger partial charge in [-0.2, -0.15) is 0 Å². The second kappa shape index (κ2) is 11.0. The maximum Gasteiger partial charge on any atom is 0.256 e. The molecule has 1 amide bonds.